The van der Waals surface area contributed by atoms with Gasteiger partial charge in [0.1, 0.15) is 0 Å². The van der Waals surface area contributed by atoms with Crippen molar-refractivity contribution >= 4 is 27.7 Å². The van der Waals surface area contributed by atoms with Crippen molar-refractivity contribution in [3.63, 3.8) is 0 Å². The topological polar surface area (TPSA) is 12.0 Å². The minimum atomic E-state index is 0.164. The van der Waals surface area contributed by atoms with E-state index in [0.717, 1.165) is 6.54 Å². The van der Waals surface area contributed by atoms with Gasteiger partial charge in [-0.05, 0) is 50.6 Å². The molecule has 0 atom stereocenters. The van der Waals surface area contributed by atoms with Gasteiger partial charge in [-0.15, -0.1) is 11.8 Å². The average Bonchev–Trinajstić information content (AvgIpc) is 2.32. The van der Waals surface area contributed by atoms with Crippen molar-refractivity contribution in [3.05, 3.63) is 28.2 Å². The summed E-state index contributed by atoms with van der Waals surface area (Å²) in [5.74, 6) is 1.22. The van der Waals surface area contributed by atoms with Crippen molar-refractivity contribution in [1.82, 2.24) is 5.32 Å². The molecule has 108 valence electrons. The molecular weight excluding hydrogens is 318 g/mol. The summed E-state index contributed by atoms with van der Waals surface area (Å²) >= 11 is 5.56. The molecular formula is C16H26BrNS. The maximum atomic E-state index is 3.58. The van der Waals surface area contributed by atoms with Crippen LogP contribution in [-0.2, 0) is 6.54 Å². The molecule has 0 aliphatic heterocycles. The number of hydrogen-bond donors (Lipinski definition) is 1. The van der Waals surface area contributed by atoms with Crippen molar-refractivity contribution in [3.8, 4) is 0 Å². The molecule has 0 unspecified atom stereocenters. The van der Waals surface area contributed by atoms with Gasteiger partial charge < -0.3 is 5.32 Å². The van der Waals surface area contributed by atoms with E-state index in [9.17, 15) is 0 Å². The van der Waals surface area contributed by atoms with Crippen LogP contribution in [0.5, 0.6) is 0 Å². The van der Waals surface area contributed by atoms with Crippen LogP contribution in [0.25, 0.3) is 0 Å². The highest BCUT2D eigenvalue weighted by atomic mass is 79.9. The Hall–Kier alpha value is 0.01000. The molecule has 0 heterocycles. The molecule has 0 radical (unpaired) electrons. The number of rotatable bonds is 7. The van der Waals surface area contributed by atoms with E-state index in [1.165, 1.54) is 39.9 Å². The first-order valence-electron chi connectivity index (χ1n) is 7.08. The third kappa shape index (κ3) is 7.38. The van der Waals surface area contributed by atoms with Gasteiger partial charge in [0.15, 0.2) is 0 Å². The number of thioether (sulfide) groups is 1. The molecule has 1 aromatic rings. The van der Waals surface area contributed by atoms with E-state index in [1.54, 1.807) is 0 Å². The first kappa shape index (κ1) is 17.1. The Kier molecular flexibility index (Phi) is 7.48. The summed E-state index contributed by atoms with van der Waals surface area (Å²) in [6.45, 7) is 9.81. The van der Waals surface area contributed by atoms with Crippen molar-refractivity contribution in [1.29, 1.82) is 0 Å². The highest BCUT2D eigenvalue weighted by Crippen LogP contribution is 2.27. The van der Waals surface area contributed by atoms with Gasteiger partial charge in [0.05, 0.1) is 0 Å². The molecule has 0 saturated heterocycles. The highest BCUT2D eigenvalue weighted by Gasteiger charge is 2.10. The first-order valence-corrected chi connectivity index (χ1v) is 8.86. The SMILES string of the molecule is CCCCCSc1cc(Br)ccc1CNC(C)(C)C. The van der Waals surface area contributed by atoms with Crippen molar-refractivity contribution in [2.75, 3.05) is 5.75 Å². The minimum Gasteiger partial charge on any atom is -0.308 e. The molecule has 19 heavy (non-hydrogen) atoms. The summed E-state index contributed by atoms with van der Waals surface area (Å²) in [6.07, 6.45) is 3.92. The van der Waals surface area contributed by atoms with E-state index in [-0.39, 0.29) is 5.54 Å². The Morgan fingerprint density at radius 1 is 1.21 bits per heavy atom. The fourth-order valence-corrected chi connectivity index (χ4v) is 3.32. The highest BCUT2D eigenvalue weighted by molar-refractivity contribution is 9.10. The van der Waals surface area contributed by atoms with Gasteiger partial charge in [0.25, 0.3) is 0 Å². The Morgan fingerprint density at radius 2 is 1.95 bits per heavy atom. The lowest BCUT2D eigenvalue weighted by atomic mass is 10.1. The second kappa shape index (κ2) is 8.33. The third-order valence-corrected chi connectivity index (χ3v) is 4.52. The Balaban J connectivity index is 2.63. The number of nitrogens with one attached hydrogen (secondary N) is 1. The van der Waals surface area contributed by atoms with Crippen LogP contribution >= 0.6 is 27.7 Å². The Morgan fingerprint density at radius 3 is 2.58 bits per heavy atom. The second-order valence-electron chi connectivity index (χ2n) is 5.91. The zero-order valence-corrected chi connectivity index (χ0v) is 15.0. The van der Waals surface area contributed by atoms with Crippen LogP contribution in [0.2, 0.25) is 0 Å². The average molecular weight is 344 g/mol. The van der Waals surface area contributed by atoms with E-state index in [0.29, 0.717) is 0 Å². The molecule has 0 aliphatic carbocycles. The largest absolute Gasteiger partial charge is 0.308 e. The minimum absolute atomic E-state index is 0.164. The summed E-state index contributed by atoms with van der Waals surface area (Å²) in [7, 11) is 0. The number of hydrogen-bond acceptors (Lipinski definition) is 2. The van der Waals surface area contributed by atoms with Crippen LogP contribution < -0.4 is 5.32 Å². The van der Waals surface area contributed by atoms with Crippen LogP contribution in [0.1, 0.15) is 52.5 Å². The summed E-state index contributed by atoms with van der Waals surface area (Å²) in [4.78, 5) is 1.40. The summed E-state index contributed by atoms with van der Waals surface area (Å²) in [6, 6.07) is 6.61. The first-order chi connectivity index (χ1) is 8.92. The quantitative estimate of drug-likeness (QED) is 0.509. The maximum absolute atomic E-state index is 3.58. The zero-order valence-electron chi connectivity index (χ0n) is 12.6. The van der Waals surface area contributed by atoms with Gasteiger partial charge in [0.2, 0.25) is 0 Å². The molecule has 3 heteroatoms. The summed E-state index contributed by atoms with van der Waals surface area (Å²) in [5, 5.41) is 3.57. The summed E-state index contributed by atoms with van der Waals surface area (Å²) in [5.41, 5.74) is 1.57. The van der Waals surface area contributed by atoms with Gasteiger partial charge in [0, 0.05) is 21.5 Å². The van der Waals surface area contributed by atoms with E-state index in [4.69, 9.17) is 0 Å². The predicted octanol–water partition coefficient (Wildman–Crippen LogP) is 5.62. The van der Waals surface area contributed by atoms with Crippen molar-refractivity contribution < 1.29 is 0 Å². The van der Waals surface area contributed by atoms with E-state index >= 15 is 0 Å². The summed E-state index contributed by atoms with van der Waals surface area (Å²) < 4.78 is 1.17. The molecule has 1 N–H and O–H groups in total. The van der Waals surface area contributed by atoms with Crippen molar-refractivity contribution in [2.24, 2.45) is 0 Å². The Labute approximate surface area is 131 Å². The normalized spacial score (nSPS) is 11.8. The molecule has 1 aromatic carbocycles. The monoisotopic (exact) mass is 343 g/mol. The van der Waals surface area contributed by atoms with Gasteiger partial charge in [-0.1, -0.05) is 41.8 Å². The van der Waals surface area contributed by atoms with Crippen LogP contribution in [-0.4, -0.2) is 11.3 Å². The molecule has 0 saturated carbocycles. The van der Waals surface area contributed by atoms with Crippen LogP contribution in [0.15, 0.2) is 27.6 Å². The fraction of sp³-hybridized carbons (Fsp3) is 0.625. The van der Waals surface area contributed by atoms with Gasteiger partial charge in [-0.2, -0.15) is 0 Å². The van der Waals surface area contributed by atoms with Gasteiger partial charge in [-0.25, -0.2) is 0 Å². The molecule has 1 rings (SSSR count). The number of benzene rings is 1. The Bertz CT molecular complexity index is 385. The number of halogens is 1. The molecule has 1 nitrogen and oxygen atoms in total. The predicted molar refractivity (Wildman–Crippen MR) is 91.0 cm³/mol. The lowest BCUT2D eigenvalue weighted by molar-refractivity contribution is 0.422. The van der Waals surface area contributed by atoms with Crippen LogP contribution in [0.3, 0.4) is 0 Å². The molecule has 0 bridgehead atoms. The number of unbranched alkanes of at least 4 members (excludes halogenated alkanes) is 2. The van der Waals surface area contributed by atoms with Gasteiger partial charge in [-0.3, -0.25) is 0 Å². The van der Waals surface area contributed by atoms with Gasteiger partial charge >= 0.3 is 0 Å². The molecule has 0 amide bonds. The third-order valence-electron chi connectivity index (χ3n) is 2.84. The lowest BCUT2D eigenvalue weighted by Gasteiger charge is -2.21. The van der Waals surface area contributed by atoms with E-state index in [2.05, 4.69) is 67.1 Å². The molecule has 0 aliphatic rings. The lowest BCUT2D eigenvalue weighted by Crippen LogP contribution is -2.35. The smallest absolute Gasteiger partial charge is 0.0221 e. The zero-order chi connectivity index (χ0) is 14.3. The second-order valence-corrected chi connectivity index (χ2v) is 7.96. The molecule has 0 fully saturated rings. The maximum Gasteiger partial charge on any atom is 0.0221 e. The fourth-order valence-electron chi connectivity index (χ4n) is 1.70. The van der Waals surface area contributed by atoms with Crippen molar-refractivity contribution in [2.45, 2.75) is 63.9 Å². The van der Waals surface area contributed by atoms with Crippen LogP contribution in [0.4, 0.5) is 0 Å². The van der Waals surface area contributed by atoms with Crippen LogP contribution in [0, 0.1) is 0 Å². The standard InChI is InChI=1S/C16H26BrNS/c1-5-6-7-10-19-15-11-14(17)9-8-13(15)12-18-16(2,3)4/h8-9,11,18H,5-7,10,12H2,1-4H3. The molecule has 0 aromatic heterocycles. The van der Waals surface area contributed by atoms with E-state index in [1.807, 2.05) is 11.8 Å². The molecule has 0 spiro atoms. The van der Waals surface area contributed by atoms with E-state index < -0.39 is 0 Å².